The van der Waals surface area contributed by atoms with Gasteiger partial charge in [-0.25, -0.2) is 4.79 Å². The standard InChI is InChI=1S/C20H23F3N2O4S/c1-4-30(27,28)29-16-9-7-8-15(12-16)13-25(14(2)3)19(26)24-18-11-6-5-10-17(18)20(21,22)23/h5-12,14H,4,13H2,1-3H3,(H,24,26). The van der Waals surface area contributed by atoms with E-state index in [2.05, 4.69) is 5.32 Å². The average Bonchev–Trinajstić information content (AvgIpc) is 2.65. The summed E-state index contributed by atoms with van der Waals surface area (Å²) >= 11 is 0. The van der Waals surface area contributed by atoms with Crippen LogP contribution < -0.4 is 9.50 Å². The fourth-order valence-electron chi connectivity index (χ4n) is 2.61. The highest BCUT2D eigenvalue weighted by molar-refractivity contribution is 7.87. The number of alkyl halides is 3. The maximum absolute atomic E-state index is 13.2. The number of halogens is 3. The predicted molar refractivity (Wildman–Crippen MR) is 108 cm³/mol. The largest absolute Gasteiger partial charge is 0.418 e. The molecule has 2 aromatic rings. The number of carbonyl (C=O) groups excluding carboxylic acids is 1. The van der Waals surface area contributed by atoms with Crippen LogP contribution in [0.25, 0.3) is 0 Å². The number of anilines is 1. The quantitative estimate of drug-likeness (QED) is 0.618. The Hall–Kier alpha value is -2.75. The van der Waals surface area contributed by atoms with Crippen LogP contribution in [0.2, 0.25) is 0 Å². The zero-order chi connectivity index (χ0) is 22.5. The molecule has 0 atom stereocenters. The van der Waals surface area contributed by atoms with Crippen molar-refractivity contribution in [1.29, 1.82) is 0 Å². The zero-order valence-corrected chi connectivity index (χ0v) is 17.5. The summed E-state index contributed by atoms with van der Waals surface area (Å²) in [6.45, 7) is 4.93. The molecule has 2 aromatic carbocycles. The van der Waals surface area contributed by atoms with E-state index in [9.17, 15) is 26.4 Å². The highest BCUT2D eigenvalue weighted by atomic mass is 32.2. The lowest BCUT2D eigenvalue weighted by Gasteiger charge is -2.28. The minimum atomic E-state index is -4.61. The van der Waals surface area contributed by atoms with E-state index < -0.39 is 27.9 Å². The lowest BCUT2D eigenvalue weighted by atomic mass is 10.1. The van der Waals surface area contributed by atoms with Gasteiger partial charge in [-0.15, -0.1) is 0 Å². The predicted octanol–water partition coefficient (Wildman–Crippen LogP) is 4.88. The number of amides is 2. The van der Waals surface area contributed by atoms with Crippen LogP contribution in [0, 0.1) is 0 Å². The molecular formula is C20H23F3N2O4S. The molecule has 6 nitrogen and oxygen atoms in total. The van der Waals surface area contributed by atoms with Crippen molar-refractivity contribution in [2.45, 2.75) is 39.5 Å². The fraction of sp³-hybridized carbons (Fsp3) is 0.350. The number of urea groups is 1. The highest BCUT2D eigenvalue weighted by Gasteiger charge is 2.34. The maximum Gasteiger partial charge on any atom is 0.418 e. The SMILES string of the molecule is CCS(=O)(=O)Oc1cccc(CN(C(=O)Nc2ccccc2C(F)(F)F)C(C)C)c1. The van der Waals surface area contributed by atoms with E-state index >= 15 is 0 Å². The lowest BCUT2D eigenvalue weighted by molar-refractivity contribution is -0.136. The first-order valence-electron chi connectivity index (χ1n) is 9.18. The molecule has 2 amide bonds. The molecule has 0 bridgehead atoms. The first-order valence-corrected chi connectivity index (χ1v) is 10.8. The van der Waals surface area contributed by atoms with Crippen LogP contribution in [-0.2, 0) is 22.8 Å². The Morgan fingerprint density at radius 1 is 1.13 bits per heavy atom. The van der Waals surface area contributed by atoms with Gasteiger partial charge in [0, 0.05) is 12.6 Å². The van der Waals surface area contributed by atoms with Gasteiger partial charge in [-0.05, 0) is 50.6 Å². The molecule has 0 saturated heterocycles. The first-order chi connectivity index (χ1) is 13.9. The Morgan fingerprint density at radius 3 is 2.40 bits per heavy atom. The van der Waals surface area contributed by atoms with Crippen molar-refractivity contribution in [2.24, 2.45) is 0 Å². The van der Waals surface area contributed by atoms with Crippen molar-refractivity contribution < 1.29 is 30.6 Å². The second-order valence-corrected chi connectivity index (χ2v) is 8.63. The third kappa shape index (κ3) is 6.38. The summed E-state index contributed by atoms with van der Waals surface area (Å²) in [7, 11) is -3.71. The van der Waals surface area contributed by atoms with E-state index in [1.807, 2.05) is 0 Å². The monoisotopic (exact) mass is 444 g/mol. The van der Waals surface area contributed by atoms with Gasteiger partial charge in [-0.2, -0.15) is 21.6 Å². The zero-order valence-electron chi connectivity index (χ0n) is 16.7. The third-order valence-corrected chi connectivity index (χ3v) is 5.34. The number of benzene rings is 2. The van der Waals surface area contributed by atoms with Crippen LogP contribution >= 0.6 is 0 Å². The Morgan fingerprint density at radius 2 is 1.80 bits per heavy atom. The maximum atomic E-state index is 13.2. The minimum Gasteiger partial charge on any atom is -0.382 e. The van der Waals surface area contributed by atoms with Gasteiger partial charge in [0.2, 0.25) is 0 Å². The van der Waals surface area contributed by atoms with Crippen molar-refractivity contribution in [3.05, 3.63) is 59.7 Å². The number of para-hydroxylation sites is 1. The molecule has 0 heterocycles. The van der Waals surface area contributed by atoms with Gasteiger partial charge >= 0.3 is 22.3 Å². The Balaban J connectivity index is 2.23. The summed E-state index contributed by atoms with van der Waals surface area (Å²) in [5.74, 6) is -0.100. The molecular weight excluding hydrogens is 421 g/mol. The van der Waals surface area contributed by atoms with E-state index in [0.717, 1.165) is 6.07 Å². The smallest absolute Gasteiger partial charge is 0.382 e. The minimum absolute atomic E-state index is 0.0427. The highest BCUT2D eigenvalue weighted by Crippen LogP contribution is 2.34. The van der Waals surface area contributed by atoms with Gasteiger partial charge in [0.15, 0.2) is 0 Å². The van der Waals surface area contributed by atoms with E-state index in [1.165, 1.54) is 42.2 Å². The molecule has 0 aliphatic heterocycles. The number of rotatable bonds is 7. The molecule has 2 rings (SSSR count). The van der Waals surface area contributed by atoms with Crippen molar-refractivity contribution in [2.75, 3.05) is 11.1 Å². The Labute approximate surface area is 173 Å². The third-order valence-electron chi connectivity index (χ3n) is 4.19. The van der Waals surface area contributed by atoms with Crippen LogP contribution in [0.3, 0.4) is 0 Å². The van der Waals surface area contributed by atoms with E-state index in [1.54, 1.807) is 26.0 Å². The van der Waals surface area contributed by atoms with Crippen LogP contribution in [0.4, 0.5) is 23.7 Å². The second kappa shape index (κ2) is 9.38. The van der Waals surface area contributed by atoms with Crippen molar-refractivity contribution in [3.8, 4) is 5.75 Å². The summed E-state index contributed by atoms with van der Waals surface area (Å²) in [6, 6.07) is 9.85. The van der Waals surface area contributed by atoms with E-state index in [4.69, 9.17) is 4.18 Å². The molecule has 0 aromatic heterocycles. The molecule has 0 saturated carbocycles. The number of nitrogens with one attached hydrogen (secondary N) is 1. The molecule has 164 valence electrons. The summed E-state index contributed by atoms with van der Waals surface area (Å²) in [4.78, 5) is 14.1. The summed E-state index contributed by atoms with van der Waals surface area (Å²) in [6.07, 6.45) is -4.61. The van der Waals surface area contributed by atoms with Crippen molar-refractivity contribution in [1.82, 2.24) is 4.90 Å². The molecule has 0 spiro atoms. The van der Waals surface area contributed by atoms with Gasteiger partial charge in [-0.1, -0.05) is 24.3 Å². The van der Waals surface area contributed by atoms with Crippen molar-refractivity contribution >= 4 is 21.8 Å². The van der Waals surface area contributed by atoms with Crippen LogP contribution in [-0.4, -0.2) is 31.1 Å². The van der Waals surface area contributed by atoms with Crippen LogP contribution in [0.15, 0.2) is 48.5 Å². The van der Waals surface area contributed by atoms with Crippen LogP contribution in [0.5, 0.6) is 5.75 Å². The average molecular weight is 444 g/mol. The topological polar surface area (TPSA) is 75.7 Å². The van der Waals surface area contributed by atoms with Gasteiger partial charge < -0.3 is 14.4 Å². The molecule has 0 radical (unpaired) electrons. The van der Waals surface area contributed by atoms with Gasteiger partial charge in [0.05, 0.1) is 17.0 Å². The number of nitrogens with zero attached hydrogens (tertiary/aromatic N) is 1. The van der Waals surface area contributed by atoms with Gasteiger partial charge in [0.25, 0.3) is 0 Å². The fourth-order valence-corrected chi connectivity index (χ4v) is 3.13. The lowest BCUT2D eigenvalue weighted by Crippen LogP contribution is -2.39. The molecule has 1 N–H and O–H groups in total. The van der Waals surface area contributed by atoms with Crippen LogP contribution in [0.1, 0.15) is 31.9 Å². The molecule has 0 unspecified atom stereocenters. The molecule has 10 heteroatoms. The number of hydrogen-bond donors (Lipinski definition) is 1. The first kappa shape index (κ1) is 23.5. The summed E-state index contributed by atoms with van der Waals surface area (Å²) in [5, 5.41) is 2.32. The Kier molecular flexibility index (Phi) is 7.35. The van der Waals surface area contributed by atoms with Gasteiger partial charge in [0.1, 0.15) is 5.75 Å². The second-order valence-electron chi connectivity index (χ2n) is 6.77. The van der Waals surface area contributed by atoms with Gasteiger partial charge in [-0.3, -0.25) is 0 Å². The Bertz CT molecular complexity index is 992. The molecule has 30 heavy (non-hydrogen) atoms. The van der Waals surface area contributed by atoms with E-state index in [-0.39, 0.29) is 29.8 Å². The number of carbonyl (C=O) groups is 1. The summed E-state index contributed by atoms with van der Waals surface area (Å²) in [5.41, 5.74) is -0.722. The molecule has 0 fully saturated rings. The van der Waals surface area contributed by atoms with E-state index in [0.29, 0.717) is 5.56 Å². The summed E-state index contributed by atoms with van der Waals surface area (Å²) < 4.78 is 67.8. The van der Waals surface area contributed by atoms with Crippen molar-refractivity contribution in [3.63, 3.8) is 0 Å². The normalized spacial score (nSPS) is 12.0. The molecule has 0 aliphatic carbocycles. The number of hydrogen-bond acceptors (Lipinski definition) is 4. The molecule has 0 aliphatic rings.